The normalized spacial score (nSPS) is 15.2. The summed E-state index contributed by atoms with van der Waals surface area (Å²) < 4.78 is 41.8. The van der Waals surface area contributed by atoms with Gasteiger partial charge in [-0.3, -0.25) is 9.48 Å². The molecule has 0 aromatic carbocycles. The van der Waals surface area contributed by atoms with Crippen molar-refractivity contribution in [1.29, 1.82) is 0 Å². The summed E-state index contributed by atoms with van der Waals surface area (Å²) in [5.41, 5.74) is -0.720. The van der Waals surface area contributed by atoms with Crippen LogP contribution in [0.4, 0.5) is 24.7 Å². The van der Waals surface area contributed by atoms with Crippen LogP contribution >= 0.6 is 0 Å². The Hall–Kier alpha value is -3.08. The van der Waals surface area contributed by atoms with Crippen molar-refractivity contribution >= 4 is 22.9 Å². The quantitative estimate of drug-likeness (QED) is 0.709. The van der Waals surface area contributed by atoms with E-state index in [2.05, 4.69) is 25.7 Å². The average molecular weight is 393 g/mol. The third kappa shape index (κ3) is 3.40. The highest BCUT2D eigenvalue weighted by Gasteiger charge is 2.37. The van der Waals surface area contributed by atoms with Crippen LogP contribution in [-0.4, -0.2) is 51.5 Å². The van der Waals surface area contributed by atoms with E-state index in [1.165, 1.54) is 17.6 Å². The highest BCUT2D eigenvalue weighted by molar-refractivity contribution is 6.04. The number of halogens is 3. The number of aromatic nitrogens is 4. The first-order valence-electron chi connectivity index (χ1n) is 8.69. The van der Waals surface area contributed by atoms with Crippen molar-refractivity contribution in [3.63, 3.8) is 0 Å². The van der Waals surface area contributed by atoms with E-state index in [-0.39, 0.29) is 5.69 Å². The molecule has 1 fully saturated rings. The number of carbonyl (C=O) groups excluding carboxylic acids is 1. The molecule has 0 atom stereocenters. The predicted octanol–water partition coefficient (Wildman–Crippen LogP) is 1.75. The molecule has 3 aromatic rings. The highest BCUT2D eigenvalue weighted by Crippen LogP contribution is 2.33. The summed E-state index contributed by atoms with van der Waals surface area (Å²) in [6.07, 6.45) is -3.55. The molecule has 1 aliphatic rings. The van der Waals surface area contributed by atoms with Crippen molar-refractivity contribution in [3.05, 3.63) is 41.9 Å². The Morgan fingerprint density at radius 1 is 1.14 bits per heavy atom. The van der Waals surface area contributed by atoms with Gasteiger partial charge in [0.1, 0.15) is 11.5 Å². The van der Waals surface area contributed by atoms with Crippen molar-refractivity contribution in [2.75, 3.05) is 36.4 Å². The number of hydrogen-bond donors (Lipinski definition) is 2. The van der Waals surface area contributed by atoms with Crippen LogP contribution in [0.5, 0.6) is 0 Å². The molecular weight excluding hydrogens is 375 g/mol. The van der Waals surface area contributed by atoms with Gasteiger partial charge in [0.05, 0.1) is 11.2 Å². The van der Waals surface area contributed by atoms with Gasteiger partial charge in [-0.15, -0.1) is 5.10 Å². The molecule has 3 aromatic heterocycles. The van der Waals surface area contributed by atoms with Crippen LogP contribution in [0.1, 0.15) is 16.2 Å². The molecule has 0 spiro atoms. The number of nitrogens with one attached hydrogen (secondary N) is 2. The summed E-state index contributed by atoms with van der Waals surface area (Å²) in [5.74, 6) is 0.0140. The Bertz CT molecular complexity index is 1020. The van der Waals surface area contributed by atoms with Crippen LogP contribution in [0.3, 0.4) is 0 Å². The second-order valence-corrected chi connectivity index (χ2v) is 6.50. The lowest BCUT2D eigenvalue weighted by molar-refractivity contribution is -0.140. The molecule has 0 unspecified atom stereocenters. The topological polar surface area (TPSA) is 79.5 Å². The molecule has 0 aliphatic carbocycles. The van der Waals surface area contributed by atoms with Gasteiger partial charge in [-0.05, 0) is 24.3 Å². The fourth-order valence-corrected chi connectivity index (χ4v) is 3.19. The first kappa shape index (κ1) is 18.3. The summed E-state index contributed by atoms with van der Waals surface area (Å²) in [6.45, 7) is 3.23. The van der Waals surface area contributed by atoms with E-state index in [0.717, 1.165) is 37.1 Å². The molecule has 11 heteroatoms. The van der Waals surface area contributed by atoms with Crippen molar-refractivity contribution in [2.45, 2.75) is 6.18 Å². The zero-order chi connectivity index (χ0) is 19.9. The van der Waals surface area contributed by atoms with Crippen LogP contribution in [0.15, 0.2) is 30.5 Å². The third-order valence-corrected chi connectivity index (χ3v) is 4.51. The van der Waals surface area contributed by atoms with Gasteiger partial charge in [-0.25, -0.2) is 4.52 Å². The molecule has 1 aliphatic heterocycles. The Morgan fingerprint density at radius 2 is 1.86 bits per heavy atom. The lowest BCUT2D eigenvalue weighted by Crippen LogP contribution is -2.44. The molecule has 0 radical (unpaired) electrons. The maximum absolute atomic E-state index is 13.1. The lowest BCUT2D eigenvalue weighted by atomic mass is 10.3. The van der Waals surface area contributed by atoms with E-state index in [4.69, 9.17) is 0 Å². The summed E-state index contributed by atoms with van der Waals surface area (Å²) in [6, 6.07) is 6.91. The molecule has 4 heterocycles. The second kappa shape index (κ2) is 6.82. The number of aryl methyl sites for hydroxylation is 1. The Kier molecular flexibility index (Phi) is 4.46. The minimum absolute atomic E-state index is 0.143. The minimum Gasteiger partial charge on any atom is -0.353 e. The second-order valence-electron chi connectivity index (χ2n) is 6.50. The van der Waals surface area contributed by atoms with E-state index in [1.807, 2.05) is 12.1 Å². The largest absolute Gasteiger partial charge is 0.437 e. The van der Waals surface area contributed by atoms with Gasteiger partial charge in [-0.1, -0.05) is 0 Å². The summed E-state index contributed by atoms with van der Waals surface area (Å²) >= 11 is 0. The monoisotopic (exact) mass is 393 g/mol. The van der Waals surface area contributed by atoms with Crippen LogP contribution in [-0.2, 0) is 13.2 Å². The number of carbonyl (C=O) groups is 1. The Balaban J connectivity index is 1.65. The molecule has 0 saturated carbocycles. The minimum atomic E-state index is -4.67. The standard InChI is InChI=1S/C17H18F3N7O/c1-25-10-12(15(24-25)17(18,19)20)22-16(28)13-4-2-11-3-5-14(23-27(11)13)26-8-6-21-7-9-26/h2-5,10,21H,6-9H2,1H3,(H,22,28). The van der Waals surface area contributed by atoms with E-state index in [0.29, 0.717) is 11.3 Å². The number of hydrogen-bond acceptors (Lipinski definition) is 5. The van der Waals surface area contributed by atoms with E-state index < -0.39 is 23.5 Å². The predicted molar refractivity (Wildman–Crippen MR) is 96.4 cm³/mol. The molecule has 1 amide bonds. The van der Waals surface area contributed by atoms with Crippen molar-refractivity contribution in [1.82, 2.24) is 24.7 Å². The molecule has 1 saturated heterocycles. The number of rotatable bonds is 3. The van der Waals surface area contributed by atoms with E-state index in [9.17, 15) is 18.0 Å². The van der Waals surface area contributed by atoms with Gasteiger partial charge >= 0.3 is 6.18 Å². The third-order valence-electron chi connectivity index (χ3n) is 4.51. The van der Waals surface area contributed by atoms with Crippen molar-refractivity contribution in [2.24, 2.45) is 7.05 Å². The summed E-state index contributed by atoms with van der Waals surface area (Å²) in [5, 5.41) is 13.5. The first-order chi connectivity index (χ1) is 13.3. The zero-order valence-corrected chi connectivity index (χ0v) is 15.0. The number of amides is 1. The van der Waals surface area contributed by atoms with Gasteiger partial charge in [-0.2, -0.15) is 18.3 Å². The number of alkyl halides is 3. The van der Waals surface area contributed by atoms with Gasteiger partial charge in [0, 0.05) is 39.4 Å². The zero-order valence-electron chi connectivity index (χ0n) is 15.0. The van der Waals surface area contributed by atoms with Crippen LogP contribution in [0, 0.1) is 0 Å². The first-order valence-corrected chi connectivity index (χ1v) is 8.69. The highest BCUT2D eigenvalue weighted by atomic mass is 19.4. The van der Waals surface area contributed by atoms with Gasteiger partial charge in [0.25, 0.3) is 5.91 Å². The van der Waals surface area contributed by atoms with Gasteiger partial charge in [0.15, 0.2) is 5.69 Å². The molecule has 148 valence electrons. The Morgan fingerprint density at radius 3 is 2.57 bits per heavy atom. The number of nitrogens with zero attached hydrogens (tertiary/aromatic N) is 5. The summed E-state index contributed by atoms with van der Waals surface area (Å²) in [7, 11) is 1.36. The van der Waals surface area contributed by atoms with Gasteiger partial charge in [0.2, 0.25) is 0 Å². The smallest absolute Gasteiger partial charge is 0.353 e. The maximum atomic E-state index is 13.1. The average Bonchev–Trinajstić information content (AvgIpc) is 3.25. The molecule has 28 heavy (non-hydrogen) atoms. The number of piperazine rings is 1. The fourth-order valence-electron chi connectivity index (χ4n) is 3.19. The summed E-state index contributed by atoms with van der Waals surface area (Å²) in [4.78, 5) is 14.7. The fraction of sp³-hybridized carbons (Fsp3) is 0.353. The molecular formula is C17H18F3N7O. The van der Waals surface area contributed by atoms with E-state index in [1.54, 1.807) is 6.07 Å². The Labute approximate surface area is 157 Å². The lowest BCUT2D eigenvalue weighted by Gasteiger charge is -2.28. The molecule has 0 bridgehead atoms. The van der Waals surface area contributed by atoms with Crippen molar-refractivity contribution in [3.8, 4) is 0 Å². The maximum Gasteiger partial charge on any atom is 0.437 e. The molecule has 4 rings (SSSR count). The number of fused-ring (bicyclic) bond motifs is 1. The van der Waals surface area contributed by atoms with Crippen LogP contribution in [0.2, 0.25) is 0 Å². The van der Waals surface area contributed by atoms with E-state index >= 15 is 0 Å². The van der Waals surface area contributed by atoms with Crippen LogP contribution in [0.25, 0.3) is 5.52 Å². The SMILES string of the molecule is Cn1cc(NC(=O)c2ccc3ccc(N4CCNCC4)nn23)c(C(F)(F)F)n1. The van der Waals surface area contributed by atoms with Crippen molar-refractivity contribution < 1.29 is 18.0 Å². The van der Waals surface area contributed by atoms with Gasteiger partial charge < -0.3 is 15.5 Å². The number of anilines is 2. The van der Waals surface area contributed by atoms with Crippen LogP contribution < -0.4 is 15.5 Å². The molecule has 8 nitrogen and oxygen atoms in total. The molecule has 2 N–H and O–H groups in total.